The van der Waals surface area contributed by atoms with Gasteiger partial charge in [0.05, 0.1) is 0 Å². The Morgan fingerprint density at radius 2 is 1.60 bits per heavy atom. The van der Waals surface area contributed by atoms with Crippen LogP contribution in [-0.4, -0.2) is 14.9 Å². The quantitative estimate of drug-likeness (QED) is 0.564. The van der Waals surface area contributed by atoms with E-state index < -0.39 is 8.32 Å². The van der Waals surface area contributed by atoms with Crippen LogP contribution in [0.2, 0.25) is 18.1 Å². The fourth-order valence-corrected chi connectivity index (χ4v) is 1.73. The van der Waals surface area contributed by atoms with Gasteiger partial charge in [0.1, 0.15) is 0 Å². The molecule has 10 heavy (non-hydrogen) atoms. The van der Waals surface area contributed by atoms with Crippen LogP contribution >= 0.6 is 0 Å². The van der Waals surface area contributed by atoms with Gasteiger partial charge in [-0.15, -0.1) is 0 Å². The monoisotopic (exact) mass is 160 g/mol. The predicted octanol–water partition coefficient (Wildman–Crippen LogP) is 3.03. The molecule has 0 aliphatic carbocycles. The van der Waals surface area contributed by atoms with Crippen molar-refractivity contribution in [2.75, 3.05) is 6.61 Å². The van der Waals surface area contributed by atoms with Gasteiger partial charge in [0.15, 0.2) is 8.32 Å². The summed E-state index contributed by atoms with van der Waals surface area (Å²) in [7, 11) is -1.40. The summed E-state index contributed by atoms with van der Waals surface area (Å²) in [5, 5.41) is 0.364. The summed E-state index contributed by atoms with van der Waals surface area (Å²) in [6, 6.07) is 0. The summed E-state index contributed by atoms with van der Waals surface area (Å²) >= 11 is 0. The third kappa shape index (κ3) is 2.43. The van der Waals surface area contributed by atoms with Crippen LogP contribution in [0.1, 0.15) is 27.7 Å². The summed E-state index contributed by atoms with van der Waals surface area (Å²) < 4.78 is 5.73. The first-order valence-corrected chi connectivity index (χ1v) is 6.86. The van der Waals surface area contributed by atoms with Crippen molar-refractivity contribution in [2.24, 2.45) is 0 Å². The maximum Gasteiger partial charge on any atom is 0.191 e. The minimum atomic E-state index is -1.40. The minimum Gasteiger partial charge on any atom is -0.417 e. The van der Waals surface area contributed by atoms with E-state index in [4.69, 9.17) is 4.43 Å². The molecule has 0 heterocycles. The van der Waals surface area contributed by atoms with Gasteiger partial charge in [-0.3, -0.25) is 0 Å². The van der Waals surface area contributed by atoms with E-state index in [9.17, 15) is 0 Å². The van der Waals surface area contributed by atoms with Crippen molar-refractivity contribution in [1.29, 1.82) is 0 Å². The molecule has 0 saturated heterocycles. The van der Waals surface area contributed by atoms with Gasteiger partial charge in [0.25, 0.3) is 0 Å². The molecule has 0 radical (unpaired) electrons. The molecule has 0 unspecified atom stereocenters. The van der Waals surface area contributed by atoms with Gasteiger partial charge in [0, 0.05) is 6.61 Å². The molecule has 0 rings (SSSR count). The SMILES string of the molecule is CCO[Si](C)(C)C(C)(C)C. The van der Waals surface area contributed by atoms with Crippen LogP contribution in [0.5, 0.6) is 0 Å². The van der Waals surface area contributed by atoms with Crippen LogP contribution < -0.4 is 0 Å². The van der Waals surface area contributed by atoms with Gasteiger partial charge in [0.2, 0.25) is 0 Å². The van der Waals surface area contributed by atoms with Crippen LogP contribution in [0.3, 0.4) is 0 Å². The Morgan fingerprint density at radius 1 is 1.20 bits per heavy atom. The molecule has 0 aliphatic heterocycles. The van der Waals surface area contributed by atoms with Crippen molar-refractivity contribution < 1.29 is 4.43 Å². The Morgan fingerprint density at radius 3 is 1.70 bits per heavy atom. The Balaban J connectivity index is 4.10. The van der Waals surface area contributed by atoms with Crippen LogP contribution in [0, 0.1) is 0 Å². The largest absolute Gasteiger partial charge is 0.417 e. The molecule has 0 bridgehead atoms. The third-order valence-electron chi connectivity index (χ3n) is 2.31. The van der Waals surface area contributed by atoms with Crippen LogP contribution in [0.4, 0.5) is 0 Å². The van der Waals surface area contributed by atoms with E-state index in [-0.39, 0.29) is 0 Å². The second-order valence-electron chi connectivity index (χ2n) is 4.19. The lowest BCUT2D eigenvalue weighted by molar-refractivity contribution is 0.308. The van der Waals surface area contributed by atoms with E-state index >= 15 is 0 Å². The van der Waals surface area contributed by atoms with Crippen LogP contribution in [-0.2, 0) is 4.43 Å². The number of hydrogen-bond acceptors (Lipinski definition) is 1. The van der Waals surface area contributed by atoms with Crippen LogP contribution in [0.25, 0.3) is 0 Å². The zero-order valence-corrected chi connectivity index (χ0v) is 9.12. The zero-order chi connectivity index (χ0) is 8.41. The van der Waals surface area contributed by atoms with Crippen molar-refractivity contribution in [1.82, 2.24) is 0 Å². The summed E-state index contributed by atoms with van der Waals surface area (Å²) in [5.74, 6) is 0. The fraction of sp³-hybridized carbons (Fsp3) is 1.00. The van der Waals surface area contributed by atoms with E-state index in [1.807, 2.05) is 0 Å². The van der Waals surface area contributed by atoms with Crippen molar-refractivity contribution in [2.45, 2.75) is 45.8 Å². The van der Waals surface area contributed by atoms with Gasteiger partial charge in [-0.2, -0.15) is 0 Å². The van der Waals surface area contributed by atoms with E-state index in [1.165, 1.54) is 0 Å². The third-order valence-corrected chi connectivity index (χ3v) is 6.93. The molecule has 0 aromatic rings. The Labute approximate surface area is 65.9 Å². The van der Waals surface area contributed by atoms with E-state index in [0.717, 1.165) is 6.61 Å². The molecule has 0 aromatic carbocycles. The average Bonchev–Trinajstić information content (AvgIpc) is 1.61. The second-order valence-corrected chi connectivity index (χ2v) is 9.00. The maximum atomic E-state index is 5.73. The first-order valence-electron chi connectivity index (χ1n) is 3.95. The first kappa shape index (κ1) is 10.2. The standard InChI is InChI=1S/C8H20OSi/c1-7-9-10(5,6)8(2,3)4/h7H2,1-6H3. The normalized spacial score (nSPS) is 13.8. The minimum absolute atomic E-state index is 0.364. The summed E-state index contributed by atoms with van der Waals surface area (Å²) in [6.07, 6.45) is 0. The Kier molecular flexibility index (Phi) is 3.11. The van der Waals surface area contributed by atoms with E-state index in [0.29, 0.717) is 5.04 Å². The molecule has 1 nitrogen and oxygen atoms in total. The van der Waals surface area contributed by atoms with E-state index in [1.54, 1.807) is 0 Å². The van der Waals surface area contributed by atoms with Crippen molar-refractivity contribution in [3.8, 4) is 0 Å². The molecule has 2 heteroatoms. The number of hydrogen-bond donors (Lipinski definition) is 0. The predicted molar refractivity (Wildman–Crippen MR) is 48.8 cm³/mol. The Hall–Kier alpha value is 0.177. The van der Waals surface area contributed by atoms with Crippen LogP contribution in [0.15, 0.2) is 0 Å². The molecule has 0 N–H and O–H groups in total. The zero-order valence-electron chi connectivity index (χ0n) is 8.12. The van der Waals surface area contributed by atoms with Gasteiger partial charge in [-0.05, 0) is 25.1 Å². The highest BCUT2D eigenvalue weighted by atomic mass is 28.4. The van der Waals surface area contributed by atoms with Crippen molar-refractivity contribution in [3.05, 3.63) is 0 Å². The molecule has 0 atom stereocenters. The number of rotatable bonds is 2. The average molecular weight is 160 g/mol. The molecular weight excluding hydrogens is 140 g/mol. The molecule has 0 spiro atoms. The summed E-state index contributed by atoms with van der Waals surface area (Å²) in [4.78, 5) is 0. The molecule has 0 saturated carbocycles. The highest BCUT2D eigenvalue weighted by molar-refractivity contribution is 6.74. The highest BCUT2D eigenvalue weighted by Gasteiger charge is 2.36. The second kappa shape index (κ2) is 3.05. The van der Waals surface area contributed by atoms with Crippen molar-refractivity contribution in [3.63, 3.8) is 0 Å². The Bertz CT molecular complexity index is 102. The fourth-order valence-electron chi connectivity index (χ4n) is 0.577. The summed E-state index contributed by atoms with van der Waals surface area (Å²) in [5.41, 5.74) is 0. The molecule has 0 aliphatic rings. The summed E-state index contributed by atoms with van der Waals surface area (Å²) in [6.45, 7) is 14.3. The molecule has 0 aromatic heterocycles. The molecular formula is C8H20OSi. The maximum absolute atomic E-state index is 5.73. The molecule has 62 valence electrons. The van der Waals surface area contributed by atoms with Gasteiger partial charge in [-0.1, -0.05) is 20.8 Å². The molecule has 0 fully saturated rings. The van der Waals surface area contributed by atoms with Gasteiger partial charge >= 0.3 is 0 Å². The molecule has 0 amide bonds. The lowest BCUT2D eigenvalue weighted by atomic mass is 10.2. The highest BCUT2D eigenvalue weighted by Crippen LogP contribution is 2.36. The van der Waals surface area contributed by atoms with E-state index in [2.05, 4.69) is 40.8 Å². The smallest absolute Gasteiger partial charge is 0.191 e. The lowest BCUT2D eigenvalue weighted by Gasteiger charge is -2.35. The van der Waals surface area contributed by atoms with Gasteiger partial charge < -0.3 is 4.43 Å². The topological polar surface area (TPSA) is 9.23 Å². The van der Waals surface area contributed by atoms with Gasteiger partial charge in [-0.25, -0.2) is 0 Å². The lowest BCUT2D eigenvalue weighted by Crippen LogP contribution is -2.40. The van der Waals surface area contributed by atoms with Crippen molar-refractivity contribution >= 4 is 8.32 Å². The first-order chi connectivity index (χ1) is 4.31.